The maximum absolute atomic E-state index is 9.02. The van der Waals surface area contributed by atoms with Gasteiger partial charge in [-0.2, -0.15) is 4.98 Å². The molecule has 1 aliphatic rings. The van der Waals surface area contributed by atoms with Crippen molar-refractivity contribution < 1.29 is 9.84 Å². The number of aliphatic hydroxyl groups is 1. The Morgan fingerprint density at radius 2 is 2.30 bits per heavy atom. The molecule has 1 aromatic heterocycles. The fourth-order valence-electron chi connectivity index (χ4n) is 2.44. The molecule has 0 radical (unpaired) electrons. The molecule has 5 heteroatoms. The van der Waals surface area contributed by atoms with Crippen LogP contribution in [0.1, 0.15) is 26.7 Å². The smallest absolute Gasteiger partial charge is 0.239 e. The highest BCUT2D eigenvalue weighted by Crippen LogP contribution is 2.28. The van der Waals surface area contributed by atoms with E-state index in [0.29, 0.717) is 30.0 Å². The molecule has 0 amide bonds. The summed E-state index contributed by atoms with van der Waals surface area (Å²) >= 11 is 0. The lowest BCUT2D eigenvalue weighted by Gasteiger charge is -2.19. The van der Waals surface area contributed by atoms with E-state index in [1.165, 1.54) is 0 Å². The summed E-state index contributed by atoms with van der Waals surface area (Å²) in [5.41, 5.74) is 6.49. The molecule has 1 fully saturated rings. The van der Waals surface area contributed by atoms with Gasteiger partial charge in [0.25, 0.3) is 0 Å². The fourth-order valence-corrected chi connectivity index (χ4v) is 2.44. The number of nitrogens with two attached hydrogens (primary N) is 1. The Hall–Kier alpha value is -1.49. The molecule has 112 valence electrons. The lowest BCUT2D eigenvalue weighted by molar-refractivity contribution is 0.262. The van der Waals surface area contributed by atoms with Crippen molar-refractivity contribution >= 4 is 11.5 Å². The number of pyridine rings is 1. The zero-order chi connectivity index (χ0) is 14.5. The third kappa shape index (κ3) is 3.76. The molecule has 0 aliphatic carbocycles. The highest BCUT2D eigenvalue weighted by molar-refractivity contribution is 5.54. The Kier molecular flexibility index (Phi) is 5.06. The molecule has 1 saturated heterocycles. The number of hydrogen-bond acceptors (Lipinski definition) is 5. The van der Waals surface area contributed by atoms with E-state index in [4.69, 9.17) is 15.6 Å². The first-order chi connectivity index (χ1) is 9.60. The van der Waals surface area contributed by atoms with Crippen LogP contribution < -0.4 is 15.4 Å². The average Bonchev–Trinajstić information content (AvgIpc) is 2.87. The first-order valence-electron chi connectivity index (χ1n) is 7.35. The zero-order valence-corrected chi connectivity index (χ0v) is 12.4. The van der Waals surface area contributed by atoms with Gasteiger partial charge in [0.1, 0.15) is 5.82 Å². The second kappa shape index (κ2) is 6.79. The number of aromatic nitrogens is 1. The third-order valence-corrected chi connectivity index (χ3v) is 3.58. The van der Waals surface area contributed by atoms with Crippen LogP contribution in [0.5, 0.6) is 5.88 Å². The first-order valence-corrected chi connectivity index (χ1v) is 7.35. The monoisotopic (exact) mass is 279 g/mol. The van der Waals surface area contributed by atoms with E-state index in [1.807, 2.05) is 12.1 Å². The molecule has 1 atom stereocenters. The topological polar surface area (TPSA) is 71.6 Å². The SMILES string of the molecule is CC(C)COc1nc(N2CCC(CCO)C2)ccc1N. The molecule has 0 bridgehead atoms. The van der Waals surface area contributed by atoms with Gasteiger partial charge in [0, 0.05) is 19.7 Å². The predicted molar refractivity (Wildman–Crippen MR) is 81.0 cm³/mol. The van der Waals surface area contributed by atoms with E-state index in [-0.39, 0.29) is 6.61 Å². The van der Waals surface area contributed by atoms with Crippen LogP contribution in [-0.4, -0.2) is 36.4 Å². The Labute approximate surface area is 120 Å². The summed E-state index contributed by atoms with van der Waals surface area (Å²) in [7, 11) is 0. The standard InChI is InChI=1S/C15H25N3O2/c1-11(2)10-20-15-13(16)3-4-14(17-15)18-7-5-12(9-18)6-8-19/h3-4,11-12,19H,5-10,16H2,1-2H3. The average molecular weight is 279 g/mol. The fraction of sp³-hybridized carbons (Fsp3) is 0.667. The Balaban J connectivity index is 2.03. The van der Waals surface area contributed by atoms with Crippen molar-refractivity contribution in [3.05, 3.63) is 12.1 Å². The van der Waals surface area contributed by atoms with Crippen molar-refractivity contribution in [2.75, 3.05) is 36.9 Å². The molecule has 2 rings (SSSR count). The van der Waals surface area contributed by atoms with Crippen LogP contribution in [-0.2, 0) is 0 Å². The van der Waals surface area contributed by atoms with Crippen LogP contribution in [0.2, 0.25) is 0 Å². The van der Waals surface area contributed by atoms with Crippen molar-refractivity contribution in [1.82, 2.24) is 4.98 Å². The molecule has 1 aliphatic heterocycles. The van der Waals surface area contributed by atoms with Gasteiger partial charge < -0.3 is 20.5 Å². The van der Waals surface area contributed by atoms with Gasteiger partial charge in [0.15, 0.2) is 0 Å². The van der Waals surface area contributed by atoms with Crippen LogP contribution in [0.25, 0.3) is 0 Å². The molecule has 5 nitrogen and oxygen atoms in total. The van der Waals surface area contributed by atoms with E-state index >= 15 is 0 Å². The number of nitrogens with zero attached hydrogens (tertiary/aromatic N) is 2. The van der Waals surface area contributed by atoms with E-state index < -0.39 is 0 Å². The summed E-state index contributed by atoms with van der Waals surface area (Å²) in [6, 6.07) is 3.80. The molecular weight excluding hydrogens is 254 g/mol. The highest BCUT2D eigenvalue weighted by Gasteiger charge is 2.23. The molecule has 0 saturated carbocycles. The molecule has 3 N–H and O–H groups in total. The van der Waals surface area contributed by atoms with Gasteiger partial charge in [-0.1, -0.05) is 13.8 Å². The lowest BCUT2D eigenvalue weighted by atomic mass is 10.1. The number of hydrogen-bond donors (Lipinski definition) is 2. The van der Waals surface area contributed by atoms with Gasteiger partial charge in [-0.3, -0.25) is 0 Å². The minimum Gasteiger partial charge on any atom is -0.476 e. The Morgan fingerprint density at radius 3 is 3.00 bits per heavy atom. The van der Waals surface area contributed by atoms with Crippen LogP contribution >= 0.6 is 0 Å². The van der Waals surface area contributed by atoms with Gasteiger partial charge in [-0.25, -0.2) is 0 Å². The van der Waals surface area contributed by atoms with Gasteiger partial charge >= 0.3 is 0 Å². The van der Waals surface area contributed by atoms with Gasteiger partial charge in [0.2, 0.25) is 5.88 Å². The van der Waals surface area contributed by atoms with Crippen molar-refractivity contribution in [3.8, 4) is 5.88 Å². The van der Waals surface area contributed by atoms with Crippen LogP contribution in [0.4, 0.5) is 11.5 Å². The first kappa shape index (κ1) is 14.9. The van der Waals surface area contributed by atoms with Crippen molar-refractivity contribution in [3.63, 3.8) is 0 Å². The zero-order valence-electron chi connectivity index (χ0n) is 12.4. The number of anilines is 2. The maximum Gasteiger partial charge on any atom is 0.239 e. The normalized spacial score (nSPS) is 18.8. The molecule has 1 unspecified atom stereocenters. The van der Waals surface area contributed by atoms with Crippen molar-refractivity contribution in [2.45, 2.75) is 26.7 Å². The van der Waals surface area contributed by atoms with E-state index in [0.717, 1.165) is 31.7 Å². The largest absolute Gasteiger partial charge is 0.476 e. The highest BCUT2D eigenvalue weighted by atomic mass is 16.5. The summed E-state index contributed by atoms with van der Waals surface area (Å²) in [6.45, 7) is 7.00. The molecule has 0 aromatic carbocycles. The van der Waals surface area contributed by atoms with Crippen LogP contribution in [0.3, 0.4) is 0 Å². The molecule has 0 spiro atoms. The van der Waals surface area contributed by atoms with E-state index in [1.54, 1.807) is 0 Å². The summed E-state index contributed by atoms with van der Waals surface area (Å²) in [4.78, 5) is 6.78. The number of rotatable bonds is 6. The minimum atomic E-state index is 0.260. The summed E-state index contributed by atoms with van der Waals surface area (Å²) in [6.07, 6.45) is 1.97. The summed E-state index contributed by atoms with van der Waals surface area (Å²) < 4.78 is 5.67. The van der Waals surface area contributed by atoms with E-state index in [9.17, 15) is 0 Å². The quantitative estimate of drug-likeness (QED) is 0.832. The van der Waals surface area contributed by atoms with Crippen molar-refractivity contribution in [1.29, 1.82) is 0 Å². The van der Waals surface area contributed by atoms with Gasteiger partial charge in [-0.05, 0) is 36.8 Å². The summed E-state index contributed by atoms with van der Waals surface area (Å²) in [5, 5.41) is 9.02. The van der Waals surface area contributed by atoms with Gasteiger partial charge in [-0.15, -0.1) is 0 Å². The van der Waals surface area contributed by atoms with Crippen LogP contribution in [0.15, 0.2) is 12.1 Å². The molecule has 20 heavy (non-hydrogen) atoms. The second-order valence-electron chi connectivity index (χ2n) is 5.88. The number of aliphatic hydroxyl groups excluding tert-OH is 1. The third-order valence-electron chi connectivity index (χ3n) is 3.58. The summed E-state index contributed by atoms with van der Waals surface area (Å²) in [5.74, 6) is 2.44. The Bertz CT molecular complexity index is 437. The molecule has 2 heterocycles. The van der Waals surface area contributed by atoms with Crippen molar-refractivity contribution in [2.24, 2.45) is 11.8 Å². The van der Waals surface area contributed by atoms with E-state index in [2.05, 4.69) is 23.7 Å². The minimum absolute atomic E-state index is 0.260. The molecule has 1 aromatic rings. The Morgan fingerprint density at radius 1 is 1.50 bits per heavy atom. The lowest BCUT2D eigenvalue weighted by Crippen LogP contribution is -2.21. The molecular formula is C15H25N3O2. The predicted octanol–water partition coefficient (Wildman–Crippen LogP) is 1.91. The van der Waals surface area contributed by atoms with Crippen LogP contribution in [0, 0.1) is 11.8 Å². The number of ether oxygens (including phenoxy) is 1. The second-order valence-corrected chi connectivity index (χ2v) is 5.88. The maximum atomic E-state index is 9.02. The number of nitrogen functional groups attached to an aromatic ring is 1. The van der Waals surface area contributed by atoms with Gasteiger partial charge in [0.05, 0.1) is 12.3 Å².